The fourth-order valence-corrected chi connectivity index (χ4v) is 4.46. The molecule has 0 bridgehead atoms. The highest BCUT2D eigenvalue weighted by Crippen LogP contribution is 2.24. The average Bonchev–Trinajstić information content (AvgIpc) is 3.19. The van der Waals surface area contributed by atoms with Crippen LogP contribution < -0.4 is 20.5 Å². The van der Waals surface area contributed by atoms with Gasteiger partial charge in [0, 0.05) is 34.1 Å². The van der Waals surface area contributed by atoms with Crippen molar-refractivity contribution in [1.82, 2.24) is 10.3 Å². The van der Waals surface area contributed by atoms with E-state index >= 15 is 0 Å². The third kappa shape index (κ3) is 6.10. The first-order chi connectivity index (χ1) is 19.4. The molecule has 0 fully saturated rings. The lowest BCUT2D eigenvalue weighted by Crippen LogP contribution is -2.31. The van der Waals surface area contributed by atoms with Gasteiger partial charge in [0.05, 0.1) is 23.9 Å². The molecule has 0 saturated carbocycles. The molecular formula is C29H22BrN3O7. The number of imide groups is 1. The molecule has 10 nitrogen and oxygen atoms in total. The maximum atomic E-state index is 12.5. The molecule has 3 amide bonds. The highest BCUT2D eigenvalue weighted by atomic mass is 79.9. The second-order valence-corrected chi connectivity index (χ2v) is 9.64. The van der Waals surface area contributed by atoms with E-state index in [2.05, 4.69) is 26.5 Å². The first-order valence-corrected chi connectivity index (χ1v) is 13.0. The van der Waals surface area contributed by atoms with Crippen molar-refractivity contribution in [1.29, 1.82) is 0 Å². The summed E-state index contributed by atoms with van der Waals surface area (Å²) in [6.45, 7) is 0.174. The molecule has 0 radical (unpaired) electrons. The molecule has 202 valence electrons. The highest BCUT2D eigenvalue weighted by Gasteiger charge is 2.34. The monoisotopic (exact) mass is 603 g/mol. The van der Waals surface area contributed by atoms with Crippen molar-refractivity contribution < 1.29 is 28.3 Å². The number of hydrogen-bond acceptors (Lipinski definition) is 8. The van der Waals surface area contributed by atoms with Crippen molar-refractivity contribution in [2.24, 2.45) is 5.10 Å². The number of carbonyl (C=O) groups excluding carboxylic acids is 3. The van der Waals surface area contributed by atoms with Crippen LogP contribution in [0.3, 0.4) is 0 Å². The molecule has 0 saturated heterocycles. The Morgan fingerprint density at radius 2 is 1.70 bits per heavy atom. The molecule has 11 heteroatoms. The molecule has 1 N–H and O–H groups in total. The quantitative estimate of drug-likeness (QED) is 0.0948. The van der Waals surface area contributed by atoms with E-state index in [1.165, 1.54) is 23.2 Å². The Bertz CT molecular complexity index is 1660. The number of carbonyl (C=O) groups is 3. The smallest absolute Gasteiger partial charge is 0.336 e. The van der Waals surface area contributed by atoms with Gasteiger partial charge in [0.1, 0.15) is 17.1 Å². The number of hydrazone groups is 1. The Kier molecular flexibility index (Phi) is 8.02. The Hall–Kier alpha value is -4.77. The van der Waals surface area contributed by atoms with Gasteiger partial charge in [-0.3, -0.25) is 19.3 Å². The number of benzene rings is 3. The lowest BCUT2D eigenvalue weighted by molar-refractivity contribution is -0.123. The van der Waals surface area contributed by atoms with E-state index in [0.717, 1.165) is 9.86 Å². The number of hydrogen-bond donors (Lipinski definition) is 1. The van der Waals surface area contributed by atoms with Crippen molar-refractivity contribution in [3.05, 3.63) is 104 Å². The van der Waals surface area contributed by atoms with Gasteiger partial charge in [-0.15, -0.1) is 0 Å². The molecule has 4 aromatic rings. The van der Waals surface area contributed by atoms with Gasteiger partial charge >= 0.3 is 5.63 Å². The summed E-state index contributed by atoms with van der Waals surface area (Å²) in [5.74, 6) is -0.223. The first-order valence-electron chi connectivity index (χ1n) is 12.3. The largest absolute Gasteiger partial charge is 0.493 e. The zero-order chi connectivity index (χ0) is 28.1. The Morgan fingerprint density at radius 3 is 2.48 bits per heavy atom. The van der Waals surface area contributed by atoms with Gasteiger partial charge in [-0.25, -0.2) is 10.2 Å². The number of fused-ring (bicyclic) bond motifs is 2. The summed E-state index contributed by atoms with van der Waals surface area (Å²) >= 11 is 3.41. The highest BCUT2D eigenvalue weighted by molar-refractivity contribution is 9.10. The molecule has 0 spiro atoms. The summed E-state index contributed by atoms with van der Waals surface area (Å²) in [5.41, 5.74) is 3.70. The van der Waals surface area contributed by atoms with Crippen LogP contribution in [0.15, 0.2) is 91.6 Å². The minimum absolute atomic E-state index is 0.228. The van der Waals surface area contributed by atoms with Gasteiger partial charge in [0.15, 0.2) is 6.61 Å². The lowest BCUT2D eigenvalue weighted by Gasteiger charge is -2.14. The van der Waals surface area contributed by atoms with E-state index in [1.807, 2.05) is 0 Å². The summed E-state index contributed by atoms with van der Waals surface area (Å²) < 4.78 is 17.3. The van der Waals surface area contributed by atoms with E-state index in [4.69, 9.17) is 13.9 Å². The topological polar surface area (TPSA) is 128 Å². The SMILES string of the molecule is O=C(COc1ccc2ccc(=O)oc2c1)N/N=C/c1cc(Br)ccc1OCCCN1C(=O)c2ccccc2C1=O. The van der Waals surface area contributed by atoms with Gasteiger partial charge < -0.3 is 13.9 Å². The van der Waals surface area contributed by atoms with Crippen molar-refractivity contribution in [2.45, 2.75) is 6.42 Å². The van der Waals surface area contributed by atoms with Crippen molar-refractivity contribution in [2.75, 3.05) is 19.8 Å². The maximum Gasteiger partial charge on any atom is 0.336 e. The van der Waals surface area contributed by atoms with E-state index in [-0.39, 0.29) is 31.6 Å². The maximum absolute atomic E-state index is 12.5. The number of amides is 3. The lowest BCUT2D eigenvalue weighted by atomic mass is 10.1. The summed E-state index contributed by atoms with van der Waals surface area (Å²) in [5, 5.41) is 4.72. The average molecular weight is 604 g/mol. The number of nitrogens with one attached hydrogen (secondary N) is 1. The predicted octanol–water partition coefficient (Wildman–Crippen LogP) is 4.15. The molecule has 1 aliphatic heterocycles. The Balaban J connectivity index is 1.12. The molecule has 1 aromatic heterocycles. The second-order valence-electron chi connectivity index (χ2n) is 8.73. The minimum atomic E-state index is -0.496. The molecule has 1 aliphatic rings. The van der Waals surface area contributed by atoms with E-state index in [1.54, 1.807) is 60.7 Å². The van der Waals surface area contributed by atoms with Crippen LogP contribution in [-0.4, -0.2) is 48.6 Å². The molecule has 40 heavy (non-hydrogen) atoms. The van der Waals surface area contributed by atoms with Crippen LogP contribution in [0.2, 0.25) is 0 Å². The first kappa shape index (κ1) is 26.8. The summed E-state index contributed by atoms with van der Waals surface area (Å²) in [6, 6.07) is 20.0. The molecular weight excluding hydrogens is 582 g/mol. The van der Waals surface area contributed by atoms with Gasteiger partial charge in [-0.05, 0) is 55.0 Å². The third-order valence-corrected chi connectivity index (χ3v) is 6.48. The summed E-state index contributed by atoms with van der Waals surface area (Å²) in [7, 11) is 0. The Labute approximate surface area is 236 Å². The van der Waals surface area contributed by atoms with Crippen LogP contribution in [0.1, 0.15) is 32.7 Å². The van der Waals surface area contributed by atoms with E-state index < -0.39 is 11.5 Å². The van der Waals surface area contributed by atoms with Crippen molar-refractivity contribution in [3.63, 3.8) is 0 Å². The Morgan fingerprint density at radius 1 is 0.950 bits per heavy atom. The number of ether oxygens (including phenoxy) is 2. The van der Waals surface area contributed by atoms with E-state index in [0.29, 0.717) is 40.2 Å². The zero-order valence-corrected chi connectivity index (χ0v) is 22.6. The minimum Gasteiger partial charge on any atom is -0.493 e. The molecule has 2 heterocycles. The van der Waals surface area contributed by atoms with Crippen LogP contribution >= 0.6 is 15.9 Å². The predicted molar refractivity (Wildman–Crippen MR) is 150 cm³/mol. The summed E-state index contributed by atoms with van der Waals surface area (Å²) in [4.78, 5) is 49.9. The molecule has 3 aromatic carbocycles. The van der Waals surface area contributed by atoms with Gasteiger partial charge in [0.2, 0.25) is 0 Å². The fraction of sp³-hybridized carbons (Fsp3) is 0.138. The zero-order valence-electron chi connectivity index (χ0n) is 21.0. The number of halogens is 1. The molecule has 0 atom stereocenters. The van der Waals surface area contributed by atoms with Crippen LogP contribution in [0.25, 0.3) is 11.0 Å². The van der Waals surface area contributed by atoms with Gasteiger partial charge in [-0.2, -0.15) is 5.10 Å². The summed E-state index contributed by atoms with van der Waals surface area (Å²) in [6.07, 6.45) is 1.87. The molecule has 5 rings (SSSR count). The van der Waals surface area contributed by atoms with E-state index in [9.17, 15) is 19.2 Å². The van der Waals surface area contributed by atoms with Crippen molar-refractivity contribution >= 4 is 50.8 Å². The second kappa shape index (κ2) is 12.0. The third-order valence-electron chi connectivity index (χ3n) is 5.99. The van der Waals surface area contributed by atoms with Gasteiger partial charge in [-0.1, -0.05) is 28.1 Å². The normalized spacial score (nSPS) is 12.7. The molecule has 0 unspecified atom stereocenters. The van der Waals surface area contributed by atoms with Crippen LogP contribution in [0, 0.1) is 0 Å². The number of rotatable bonds is 10. The molecule has 0 aliphatic carbocycles. The standard InChI is InChI=1S/C29H22BrN3O7/c30-20-8-10-24(38-13-3-12-33-28(36)22-4-1-2-5-23(22)29(33)37)19(14-20)16-31-32-26(34)17-39-21-9-6-18-7-11-27(35)40-25(18)15-21/h1-2,4-11,14-16H,3,12-13,17H2,(H,32,34)/b31-16+. The fourth-order valence-electron chi connectivity index (χ4n) is 4.08. The van der Waals surface area contributed by atoms with Crippen LogP contribution in [0.4, 0.5) is 0 Å². The van der Waals surface area contributed by atoms with Gasteiger partial charge in [0.25, 0.3) is 17.7 Å². The van der Waals surface area contributed by atoms with Crippen molar-refractivity contribution in [3.8, 4) is 11.5 Å². The van der Waals surface area contributed by atoms with Crippen LogP contribution in [-0.2, 0) is 4.79 Å². The van der Waals surface area contributed by atoms with Crippen LogP contribution in [0.5, 0.6) is 11.5 Å². The number of nitrogens with zero attached hydrogens (tertiary/aromatic N) is 2.